The summed E-state index contributed by atoms with van der Waals surface area (Å²) in [6.45, 7) is 9.73. The molecule has 0 aliphatic heterocycles. The summed E-state index contributed by atoms with van der Waals surface area (Å²) in [5.74, 6) is 0.694. The van der Waals surface area contributed by atoms with Gasteiger partial charge in [0, 0.05) is 18.8 Å². The predicted molar refractivity (Wildman–Crippen MR) is 60.4 cm³/mol. The average molecular weight is 195 g/mol. The quantitative estimate of drug-likeness (QED) is 0.783. The second-order valence-corrected chi connectivity index (χ2v) is 3.90. The fourth-order valence-corrected chi connectivity index (χ4v) is 1.37. The lowest BCUT2D eigenvalue weighted by molar-refractivity contribution is 0.494. The average Bonchev–Trinajstić information content (AvgIpc) is 2.64. The summed E-state index contributed by atoms with van der Waals surface area (Å²) in [7, 11) is 0. The van der Waals surface area contributed by atoms with E-state index in [1.165, 1.54) is 6.42 Å². The first-order chi connectivity index (χ1) is 6.67. The molecule has 1 heterocycles. The molecule has 3 nitrogen and oxygen atoms in total. The van der Waals surface area contributed by atoms with E-state index in [1.807, 2.05) is 10.9 Å². The van der Waals surface area contributed by atoms with Crippen molar-refractivity contribution in [3.05, 3.63) is 12.4 Å². The minimum absolute atomic E-state index is 0.509. The second kappa shape index (κ2) is 5.03. The van der Waals surface area contributed by atoms with Gasteiger partial charge in [0.15, 0.2) is 0 Å². The zero-order valence-corrected chi connectivity index (χ0v) is 9.62. The van der Waals surface area contributed by atoms with Crippen LogP contribution < -0.4 is 5.32 Å². The zero-order chi connectivity index (χ0) is 10.6. The van der Waals surface area contributed by atoms with Crippen molar-refractivity contribution in [2.24, 2.45) is 5.92 Å². The maximum atomic E-state index is 4.23. The Bertz CT molecular complexity index is 267. The van der Waals surface area contributed by atoms with Crippen LogP contribution in [0, 0.1) is 5.92 Å². The summed E-state index contributed by atoms with van der Waals surface area (Å²) in [6, 6.07) is 0.509. The first kappa shape index (κ1) is 11.1. The standard InChI is InChI=1S/C11H21N3/c1-5-9(3)10(4)13-11-7-12-14(6-2)8-11/h7-10,13H,5-6H2,1-4H3/t9-,10-/m0/s1. The van der Waals surface area contributed by atoms with Crippen LogP contribution in [-0.4, -0.2) is 15.8 Å². The van der Waals surface area contributed by atoms with Crippen LogP contribution in [0.15, 0.2) is 12.4 Å². The first-order valence-corrected chi connectivity index (χ1v) is 5.46. The Kier molecular flexibility index (Phi) is 3.98. The molecule has 0 bridgehead atoms. The Morgan fingerprint density at radius 3 is 2.64 bits per heavy atom. The molecule has 2 atom stereocenters. The molecule has 0 amide bonds. The number of hydrogen-bond donors (Lipinski definition) is 1. The van der Waals surface area contributed by atoms with Crippen LogP contribution in [0.3, 0.4) is 0 Å². The maximum absolute atomic E-state index is 4.23. The van der Waals surface area contributed by atoms with Crippen LogP contribution in [0.1, 0.15) is 34.1 Å². The number of aromatic nitrogens is 2. The summed E-state index contributed by atoms with van der Waals surface area (Å²) < 4.78 is 1.94. The van der Waals surface area contributed by atoms with Crippen LogP contribution >= 0.6 is 0 Å². The van der Waals surface area contributed by atoms with Crippen LogP contribution in [0.25, 0.3) is 0 Å². The summed E-state index contributed by atoms with van der Waals surface area (Å²) in [6.07, 6.45) is 5.15. The molecule has 0 saturated carbocycles. The van der Waals surface area contributed by atoms with Gasteiger partial charge in [-0.3, -0.25) is 4.68 Å². The number of nitrogens with one attached hydrogen (secondary N) is 1. The number of aryl methyl sites for hydroxylation is 1. The minimum atomic E-state index is 0.509. The molecule has 0 aromatic carbocycles. The number of hydrogen-bond acceptors (Lipinski definition) is 2. The van der Waals surface area contributed by atoms with Gasteiger partial charge in [0.2, 0.25) is 0 Å². The fourth-order valence-electron chi connectivity index (χ4n) is 1.37. The summed E-state index contributed by atoms with van der Waals surface area (Å²) >= 11 is 0. The van der Waals surface area contributed by atoms with Crippen LogP contribution in [0.4, 0.5) is 5.69 Å². The SMILES string of the molecule is CC[C@H](C)[C@H](C)Nc1cnn(CC)c1. The molecule has 14 heavy (non-hydrogen) atoms. The first-order valence-electron chi connectivity index (χ1n) is 5.46. The van der Waals surface area contributed by atoms with Gasteiger partial charge in [-0.25, -0.2) is 0 Å². The lowest BCUT2D eigenvalue weighted by Crippen LogP contribution is -2.22. The van der Waals surface area contributed by atoms with Gasteiger partial charge >= 0.3 is 0 Å². The van der Waals surface area contributed by atoms with E-state index >= 15 is 0 Å². The molecule has 1 aromatic rings. The Balaban J connectivity index is 2.51. The highest BCUT2D eigenvalue weighted by atomic mass is 15.3. The molecule has 1 rings (SSSR count). The zero-order valence-electron chi connectivity index (χ0n) is 9.62. The van der Waals surface area contributed by atoms with Crippen molar-refractivity contribution in [3.8, 4) is 0 Å². The highest BCUT2D eigenvalue weighted by molar-refractivity contribution is 5.39. The Hall–Kier alpha value is -0.990. The summed E-state index contributed by atoms with van der Waals surface area (Å²) in [5, 5.41) is 7.69. The van der Waals surface area contributed by atoms with E-state index in [9.17, 15) is 0 Å². The van der Waals surface area contributed by atoms with Crippen molar-refractivity contribution < 1.29 is 0 Å². The molecule has 0 aliphatic rings. The van der Waals surface area contributed by atoms with E-state index in [2.05, 4.69) is 44.3 Å². The van der Waals surface area contributed by atoms with Crippen LogP contribution in [0.2, 0.25) is 0 Å². The fraction of sp³-hybridized carbons (Fsp3) is 0.727. The predicted octanol–water partition coefficient (Wildman–Crippen LogP) is 2.75. The van der Waals surface area contributed by atoms with E-state index in [0.29, 0.717) is 12.0 Å². The highest BCUT2D eigenvalue weighted by Gasteiger charge is 2.10. The van der Waals surface area contributed by atoms with Crippen molar-refractivity contribution in [1.82, 2.24) is 9.78 Å². The van der Waals surface area contributed by atoms with Gasteiger partial charge in [-0.2, -0.15) is 5.10 Å². The number of anilines is 1. The third-order valence-electron chi connectivity index (χ3n) is 2.85. The van der Waals surface area contributed by atoms with Gasteiger partial charge in [-0.15, -0.1) is 0 Å². The summed E-state index contributed by atoms with van der Waals surface area (Å²) in [4.78, 5) is 0. The molecule has 1 N–H and O–H groups in total. The van der Waals surface area contributed by atoms with E-state index < -0.39 is 0 Å². The molecule has 0 unspecified atom stereocenters. The van der Waals surface area contributed by atoms with Gasteiger partial charge in [-0.1, -0.05) is 20.3 Å². The lowest BCUT2D eigenvalue weighted by Gasteiger charge is -2.19. The molecule has 1 aromatic heterocycles. The van der Waals surface area contributed by atoms with Gasteiger partial charge < -0.3 is 5.32 Å². The largest absolute Gasteiger partial charge is 0.380 e. The van der Waals surface area contributed by atoms with Crippen molar-refractivity contribution in [2.75, 3.05) is 5.32 Å². The van der Waals surface area contributed by atoms with Crippen LogP contribution in [0.5, 0.6) is 0 Å². The van der Waals surface area contributed by atoms with Crippen LogP contribution in [-0.2, 0) is 6.54 Å². The summed E-state index contributed by atoms with van der Waals surface area (Å²) in [5.41, 5.74) is 1.12. The Morgan fingerprint density at radius 2 is 2.14 bits per heavy atom. The van der Waals surface area contributed by atoms with E-state index in [4.69, 9.17) is 0 Å². The molecule has 0 saturated heterocycles. The smallest absolute Gasteiger partial charge is 0.0728 e. The minimum Gasteiger partial charge on any atom is -0.380 e. The van der Waals surface area contributed by atoms with E-state index in [-0.39, 0.29) is 0 Å². The third kappa shape index (κ3) is 2.76. The maximum Gasteiger partial charge on any atom is 0.0728 e. The third-order valence-corrected chi connectivity index (χ3v) is 2.85. The molecule has 0 aliphatic carbocycles. The van der Waals surface area contributed by atoms with E-state index in [0.717, 1.165) is 12.2 Å². The monoisotopic (exact) mass is 195 g/mol. The van der Waals surface area contributed by atoms with Crippen molar-refractivity contribution in [3.63, 3.8) is 0 Å². The number of nitrogens with zero attached hydrogens (tertiary/aromatic N) is 2. The molecular weight excluding hydrogens is 174 g/mol. The lowest BCUT2D eigenvalue weighted by atomic mass is 10.0. The van der Waals surface area contributed by atoms with Crippen molar-refractivity contribution in [2.45, 2.75) is 46.7 Å². The van der Waals surface area contributed by atoms with Gasteiger partial charge in [0.05, 0.1) is 11.9 Å². The molecule has 0 radical (unpaired) electrons. The van der Waals surface area contributed by atoms with Crippen molar-refractivity contribution in [1.29, 1.82) is 0 Å². The molecule has 0 spiro atoms. The van der Waals surface area contributed by atoms with Gasteiger partial charge in [0.25, 0.3) is 0 Å². The molecule has 0 fully saturated rings. The molecule has 80 valence electrons. The normalized spacial score (nSPS) is 15.1. The van der Waals surface area contributed by atoms with Crippen molar-refractivity contribution >= 4 is 5.69 Å². The topological polar surface area (TPSA) is 29.9 Å². The number of rotatable bonds is 5. The molecular formula is C11H21N3. The van der Waals surface area contributed by atoms with E-state index in [1.54, 1.807) is 0 Å². The van der Waals surface area contributed by atoms with Gasteiger partial charge in [-0.05, 0) is 19.8 Å². The second-order valence-electron chi connectivity index (χ2n) is 3.90. The van der Waals surface area contributed by atoms with Gasteiger partial charge in [0.1, 0.15) is 0 Å². The molecule has 3 heteroatoms. The highest BCUT2D eigenvalue weighted by Crippen LogP contribution is 2.13. The Labute approximate surface area is 86.5 Å². The Morgan fingerprint density at radius 1 is 1.43 bits per heavy atom.